The molecule has 0 aromatic carbocycles. The fraction of sp³-hybridized carbons (Fsp3) is 0.909. The SMILES string of the molecule is CCCC(=O)CC1CCCCC1. The van der Waals surface area contributed by atoms with Crippen molar-refractivity contribution in [2.45, 2.75) is 58.3 Å². The Labute approximate surface area is 75.5 Å². The first-order valence-corrected chi connectivity index (χ1v) is 5.34. The zero-order valence-corrected chi connectivity index (χ0v) is 8.14. The third-order valence-electron chi connectivity index (χ3n) is 2.77. The minimum atomic E-state index is 0.490. The van der Waals surface area contributed by atoms with Crippen molar-refractivity contribution in [2.24, 2.45) is 5.92 Å². The van der Waals surface area contributed by atoms with Crippen LogP contribution in [0.15, 0.2) is 0 Å². The van der Waals surface area contributed by atoms with Crippen LogP contribution in [0.1, 0.15) is 58.3 Å². The van der Waals surface area contributed by atoms with Gasteiger partial charge < -0.3 is 0 Å². The quantitative estimate of drug-likeness (QED) is 0.629. The average molecular weight is 168 g/mol. The summed E-state index contributed by atoms with van der Waals surface area (Å²) >= 11 is 0. The van der Waals surface area contributed by atoms with Crippen molar-refractivity contribution >= 4 is 5.78 Å². The highest BCUT2D eigenvalue weighted by atomic mass is 16.1. The van der Waals surface area contributed by atoms with Crippen molar-refractivity contribution in [1.82, 2.24) is 0 Å². The molecule has 0 heterocycles. The van der Waals surface area contributed by atoms with Crippen LogP contribution in [0, 0.1) is 5.92 Å². The molecule has 0 unspecified atom stereocenters. The van der Waals surface area contributed by atoms with Crippen LogP contribution in [-0.4, -0.2) is 5.78 Å². The van der Waals surface area contributed by atoms with Gasteiger partial charge in [0.15, 0.2) is 0 Å². The molecule has 70 valence electrons. The summed E-state index contributed by atoms with van der Waals surface area (Å²) in [4.78, 5) is 11.3. The van der Waals surface area contributed by atoms with Crippen molar-refractivity contribution in [1.29, 1.82) is 0 Å². The van der Waals surface area contributed by atoms with E-state index in [0.29, 0.717) is 5.78 Å². The summed E-state index contributed by atoms with van der Waals surface area (Å²) in [6.45, 7) is 2.08. The van der Waals surface area contributed by atoms with Gasteiger partial charge in [0.25, 0.3) is 0 Å². The lowest BCUT2D eigenvalue weighted by molar-refractivity contribution is -0.120. The van der Waals surface area contributed by atoms with Gasteiger partial charge in [-0.2, -0.15) is 0 Å². The Morgan fingerprint density at radius 1 is 1.25 bits per heavy atom. The normalized spacial score (nSPS) is 19.4. The van der Waals surface area contributed by atoms with Crippen LogP contribution in [0.5, 0.6) is 0 Å². The average Bonchev–Trinajstić information content (AvgIpc) is 2.06. The molecule has 0 amide bonds. The summed E-state index contributed by atoms with van der Waals surface area (Å²) < 4.78 is 0. The number of carbonyl (C=O) groups is 1. The van der Waals surface area contributed by atoms with Gasteiger partial charge in [-0.3, -0.25) is 4.79 Å². The Morgan fingerprint density at radius 3 is 2.50 bits per heavy atom. The number of Topliss-reactive ketones (excluding diaryl/α,β-unsaturated/α-hetero) is 1. The number of ketones is 1. The maximum atomic E-state index is 11.3. The monoisotopic (exact) mass is 168 g/mol. The fourth-order valence-electron chi connectivity index (χ4n) is 2.09. The van der Waals surface area contributed by atoms with E-state index >= 15 is 0 Å². The van der Waals surface area contributed by atoms with E-state index < -0.39 is 0 Å². The minimum absolute atomic E-state index is 0.490. The van der Waals surface area contributed by atoms with Crippen molar-refractivity contribution in [3.63, 3.8) is 0 Å². The highest BCUT2D eigenvalue weighted by Gasteiger charge is 2.15. The molecule has 0 atom stereocenters. The number of hydrogen-bond donors (Lipinski definition) is 0. The lowest BCUT2D eigenvalue weighted by Gasteiger charge is -2.20. The molecule has 0 aromatic heterocycles. The van der Waals surface area contributed by atoms with Gasteiger partial charge in [-0.15, -0.1) is 0 Å². The maximum absolute atomic E-state index is 11.3. The van der Waals surface area contributed by atoms with E-state index in [2.05, 4.69) is 6.92 Å². The predicted molar refractivity (Wildman–Crippen MR) is 51.1 cm³/mol. The van der Waals surface area contributed by atoms with Gasteiger partial charge in [-0.1, -0.05) is 39.0 Å². The standard InChI is InChI=1S/C11H20O/c1-2-6-11(12)9-10-7-4-3-5-8-10/h10H,2-9H2,1H3. The van der Waals surface area contributed by atoms with E-state index in [9.17, 15) is 4.79 Å². The first-order valence-electron chi connectivity index (χ1n) is 5.34. The molecule has 0 spiro atoms. The third-order valence-corrected chi connectivity index (χ3v) is 2.77. The largest absolute Gasteiger partial charge is 0.300 e. The summed E-state index contributed by atoms with van der Waals surface area (Å²) in [5.74, 6) is 1.22. The van der Waals surface area contributed by atoms with E-state index in [1.54, 1.807) is 0 Å². The topological polar surface area (TPSA) is 17.1 Å². The zero-order chi connectivity index (χ0) is 8.81. The summed E-state index contributed by atoms with van der Waals surface area (Å²) in [5, 5.41) is 0. The second-order valence-corrected chi connectivity index (χ2v) is 4.00. The third kappa shape index (κ3) is 3.38. The van der Waals surface area contributed by atoms with Crippen molar-refractivity contribution in [3.8, 4) is 0 Å². The Balaban J connectivity index is 2.15. The van der Waals surface area contributed by atoms with E-state index in [1.807, 2.05) is 0 Å². The highest BCUT2D eigenvalue weighted by Crippen LogP contribution is 2.26. The van der Waals surface area contributed by atoms with Gasteiger partial charge in [-0.05, 0) is 12.3 Å². The van der Waals surface area contributed by atoms with Crippen molar-refractivity contribution in [3.05, 3.63) is 0 Å². The second kappa shape index (κ2) is 5.34. The molecule has 0 saturated heterocycles. The zero-order valence-electron chi connectivity index (χ0n) is 8.14. The molecule has 1 rings (SSSR count). The van der Waals surface area contributed by atoms with Gasteiger partial charge in [-0.25, -0.2) is 0 Å². The van der Waals surface area contributed by atoms with Gasteiger partial charge in [0, 0.05) is 12.8 Å². The van der Waals surface area contributed by atoms with Crippen molar-refractivity contribution < 1.29 is 4.79 Å². The Kier molecular flexibility index (Phi) is 4.34. The Morgan fingerprint density at radius 2 is 1.92 bits per heavy atom. The number of rotatable bonds is 4. The smallest absolute Gasteiger partial charge is 0.133 e. The molecule has 1 saturated carbocycles. The van der Waals surface area contributed by atoms with Crippen LogP contribution >= 0.6 is 0 Å². The lowest BCUT2D eigenvalue weighted by atomic mass is 9.85. The first-order chi connectivity index (χ1) is 5.83. The van der Waals surface area contributed by atoms with E-state index in [-0.39, 0.29) is 0 Å². The van der Waals surface area contributed by atoms with E-state index in [4.69, 9.17) is 0 Å². The van der Waals surface area contributed by atoms with Crippen LogP contribution in [0.2, 0.25) is 0 Å². The molecule has 0 radical (unpaired) electrons. The summed E-state index contributed by atoms with van der Waals surface area (Å²) in [5.41, 5.74) is 0. The molecular weight excluding hydrogens is 148 g/mol. The van der Waals surface area contributed by atoms with E-state index in [0.717, 1.165) is 25.2 Å². The molecule has 0 bridgehead atoms. The van der Waals surface area contributed by atoms with Gasteiger partial charge in [0.2, 0.25) is 0 Å². The highest BCUT2D eigenvalue weighted by molar-refractivity contribution is 5.78. The Hall–Kier alpha value is -0.330. The molecule has 1 aliphatic rings. The van der Waals surface area contributed by atoms with E-state index in [1.165, 1.54) is 32.1 Å². The molecule has 1 heteroatoms. The molecule has 0 N–H and O–H groups in total. The van der Waals surface area contributed by atoms with Gasteiger partial charge in [0.05, 0.1) is 0 Å². The second-order valence-electron chi connectivity index (χ2n) is 4.00. The fourth-order valence-corrected chi connectivity index (χ4v) is 2.09. The summed E-state index contributed by atoms with van der Waals surface area (Å²) in [6, 6.07) is 0. The van der Waals surface area contributed by atoms with Crippen LogP contribution in [0.25, 0.3) is 0 Å². The van der Waals surface area contributed by atoms with Gasteiger partial charge in [0.1, 0.15) is 5.78 Å². The van der Waals surface area contributed by atoms with Crippen molar-refractivity contribution in [2.75, 3.05) is 0 Å². The van der Waals surface area contributed by atoms with Crippen LogP contribution in [0.3, 0.4) is 0 Å². The molecule has 0 aromatic rings. The number of carbonyl (C=O) groups excluding carboxylic acids is 1. The molecular formula is C11H20O. The van der Waals surface area contributed by atoms with Crippen LogP contribution in [0.4, 0.5) is 0 Å². The predicted octanol–water partition coefficient (Wildman–Crippen LogP) is 3.33. The first kappa shape index (κ1) is 9.76. The molecule has 0 aliphatic heterocycles. The number of hydrogen-bond acceptors (Lipinski definition) is 1. The van der Waals surface area contributed by atoms with Crippen LogP contribution < -0.4 is 0 Å². The minimum Gasteiger partial charge on any atom is -0.300 e. The maximum Gasteiger partial charge on any atom is 0.133 e. The van der Waals surface area contributed by atoms with Crippen LogP contribution in [-0.2, 0) is 4.79 Å². The van der Waals surface area contributed by atoms with Gasteiger partial charge >= 0.3 is 0 Å². The molecule has 1 fully saturated rings. The molecule has 12 heavy (non-hydrogen) atoms. The lowest BCUT2D eigenvalue weighted by Crippen LogP contribution is -2.11. The Bertz CT molecular complexity index is 134. The summed E-state index contributed by atoms with van der Waals surface area (Å²) in [6.07, 6.45) is 9.38. The molecule has 1 nitrogen and oxygen atoms in total. The molecule has 1 aliphatic carbocycles. The summed E-state index contributed by atoms with van der Waals surface area (Å²) in [7, 11) is 0.